The van der Waals surface area contributed by atoms with Crippen molar-refractivity contribution in [2.24, 2.45) is 5.92 Å². The third kappa shape index (κ3) is 5.65. The maximum Gasteiger partial charge on any atom is 0.304 e. The molecule has 1 saturated heterocycles. The molecule has 1 N–H and O–H groups in total. The van der Waals surface area contributed by atoms with Crippen LogP contribution in [0.1, 0.15) is 66.5 Å². The Balaban J connectivity index is 1.17. The van der Waals surface area contributed by atoms with E-state index in [1.807, 2.05) is 38.1 Å². The average Bonchev–Trinajstić information content (AvgIpc) is 3.53. The van der Waals surface area contributed by atoms with Crippen LogP contribution in [0.3, 0.4) is 0 Å². The highest BCUT2D eigenvalue weighted by molar-refractivity contribution is 7.89. The largest absolute Gasteiger partial charge is 0.493 e. The van der Waals surface area contributed by atoms with Crippen LogP contribution in [0.25, 0.3) is 11.1 Å². The van der Waals surface area contributed by atoms with Crippen molar-refractivity contribution in [1.82, 2.24) is 4.31 Å². The molecule has 0 bridgehead atoms. The predicted octanol–water partition coefficient (Wildman–Crippen LogP) is 6.18. The molecule has 1 fully saturated rings. The molecule has 44 heavy (non-hydrogen) atoms. The number of fused-ring (bicyclic) bond motifs is 2. The number of carbonyl (C=O) groups is 1. The maximum atomic E-state index is 15.3. The highest BCUT2D eigenvalue weighted by atomic mass is 32.2. The minimum absolute atomic E-state index is 0.00720. The first-order valence-corrected chi connectivity index (χ1v) is 16.6. The monoisotopic (exact) mass is 623 g/mol. The van der Waals surface area contributed by atoms with Gasteiger partial charge in [0.15, 0.2) is 0 Å². The number of sulfonamides is 1. The average molecular weight is 624 g/mol. The van der Waals surface area contributed by atoms with Gasteiger partial charge in [-0.25, -0.2) is 17.1 Å². The molecule has 2 atom stereocenters. The second kappa shape index (κ2) is 11.7. The van der Waals surface area contributed by atoms with E-state index in [9.17, 15) is 18.3 Å². The van der Waals surface area contributed by atoms with E-state index in [0.717, 1.165) is 39.1 Å². The summed E-state index contributed by atoms with van der Waals surface area (Å²) >= 11 is 0. The maximum absolute atomic E-state index is 15.3. The Morgan fingerprint density at radius 3 is 2.50 bits per heavy atom. The quantitative estimate of drug-likeness (QED) is 0.288. The van der Waals surface area contributed by atoms with Gasteiger partial charge in [0.2, 0.25) is 10.0 Å². The first-order chi connectivity index (χ1) is 20.9. The highest BCUT2D eigenvalue weighted by Crippen LogP contribution is 2.45. The number of ether oxygens (including phenoxy) is 3. The number of carboxylic acids is 1. The number of carboxylic acid groups (broad SMARTS) is 1. The number of halogens is 1. The predicted molar refractivity (Wildman–Crippen MR) is 165 cm³/mol. The van der Waals surface area contributed by atoms with E-state index < -0.39 is 27.3 Å². The minimum Gasteiger partial charge on any atom is -0.493 e. The number of rotatable bonds is 10. The van der Waals surface area contributed by atoms with E-state index in [2.05, 4.69) is 0 Å². The molecule has 234 valence electrons. The molecule has 2 aliphatic heterocycles. The molecule has 0 radical (unpaired) electrons. The molecule has 1 aliphatic carbocycles. The van der Waals surface area contributed by atoms with Gasteiger partial charge in [0.05, 0.1) is 24.9 Å². The first kappa shape index (κ1) is 30.4. The molecule has 0 aromatic heterocycles. The van der Waals surface area contributed by atoms with Crippen molar-refractivity contribution in [3.05, 3.63) is 76.1 Å². The van der Waals surface area contributed by atoms with Crippen molar-refractivity contribution in [1.29, 1.82) is 0 Å². The Morgan fingerprint density at radius 2 is 1.82 bits per heavy atom. The lowest BCUT2D eigenvalue weighted by atomic mass is 9.90. The Hall–Kier alpha value is -3.63. The summed E-state index contributed by atoms with van der Waals surface area (Å²) in [7, 11) is -3.23. The Kier molecular flexibility index (Phi) is 8.09. The van der Waals surface area contributed by atoms with Crippen LogP contribution < -0.4 is 14.2 Å². The van der Waals surface area contributed by atoms with Crippen LogP contribution in [-0.2, 0) is 21.2 Å². The molecule has 0 amide bonds. The van der Waals surface area contributed by atoms with Crippen molar-refractivity contribution in [3.63, 3.8) is 0 Å². The molecule has 2 heterocycles. The van der Waals surface area contributed by atoms with Crippen molar-refractivity contribution in [2.45, 2.75) is 64.2 Å². The van der Waals surface area contributed by atoms with Gasteiger partial charge < -0.3 is 19.3 Å². The van der Waals surface area contributed by atoms with Gasteiger partial charge in [-0.2, -0.15) is 0 Å². The molecule has 3 aromatic carbocycles. The van der Waals surface area contributed by atoms with Gasteiger partial charge >= 0.3 is 5.97 Å². The third-order valence-electron chi connectivity index (χ3n) is 8.99. The fourth-order valence-corrected chi connectivity index (χ4v) is 8.11. The van der Waals surface area contributed by atoms with E-state index in [1.54, 1.807) is 26.0 Å². The van der Waals surface area contributed by atoms with Gasteiger partial charge in [0.1, 0.15) is 29.2 Å². The second-order valence-corrected chi connectivity index (χ2v) is 14.9. The molecular weight excluding hydrogens is 585 g/mol. The van der Waals surface area contributed by atoms with Gasteiger partial charge in [0.25, 0.3) is 0 Å². The Bertz CT molecular complexity index is 1690. The lowest BCUT2D eigenvalue weighted by Gasteiger charge is -2.38. The van der Waals surface area contributed by atoms with Crippen molar-refractivity contribution >= 4 is 16.0 Å². The van der Waals surface area contributed by atoms with Crippen molar-refractivity contribution in [3.8, 4) is 28.4 Å². The van der Waals surface area contributed by atoms with E-state index >= 15 is 4.39 Å². The van der Waals surface area contributed by atoms with E-state index in [1.165, 1.54) is 10.4 Å². The van der Waals surface area contributed by atoms with Gasteiger partial charge in [-0.05, 0) is 92.6 Å². The van der Waals surface area contributed by atoms with Crippen LogP contribution in [0.5, 0.6) is 17.2 Å². The molecule has 10 heteroatoms. The number of aryl methyl sites for hydroxylation is 2. The summed E-state index contributed by atoms with van der Waals surface area (Å²) in [6.07, 6.45) is 0.855. The van der Waals surface area contributed by atoms with Crippen LogP contribution in [0.15, 0.2) is 42.5 Å². The molecule has 0 saturated carbocycles. The zero-order chi connectivity index (χ0) is 31.3. The van der Waals surface area contributed by atoms with Crippen LogP contribution >= 0.6 is 0 Å². The Labute approximate surface area is 257 Å². The van der Waals surface area contributed by atoms with Crippen LogP contribution in [-0.4, -0.2) is 55.4 Å². The number of aliphatic carboxylic acids is 1. The van der Waals surface area contributed by atoms with Gasteiger partial charge in [-0.1, -0.05) is 12.1 Å². The zero-order valence-electron chi connectivity index (χ0n) is 25.4. The summed E-state index contributed by atoms with van der Waals surface area (Å²) in [4.78, 5) is 11.2. The second-order valence-electron chi connectivity index (χ2n) is 12.5. The molecule has 8 nitrogen and oxygen atoms in total. The number of hydrogen-bond donors (Lipinski definition) is 1. The zero-order valence-corrected chi connectivity index (χ0v) is 26.2. The summed E-state index contributed by atoms with van der Waals surface area (Å²) in [5.41, 5.74) is 6.42. The smallest absolute Gasteiger partial charge is 0.304 e. The number of nitrogens with zero attached hydrogens (tertiary/aromatic N) is 1. The standard InChI is InChI=1S/C34H38FNO7S/c1-19(2)44(39,40)36-15-22(16-36)17-41-25-11-20(3)33(21(4)12-25)27-7-9-29(35)34-28(27)8-10-30(34)43-24-5-6-26-23(13-32(37)38)18-42-31(26)14-24/h5-7,9,11-12,14,19,22-23,30H,8,10,13,15-18H2,1-4H3,(H,37,38)/t23?,30-/m1/s1. The van der Waals surface area contributed by atoms with Gasteiger partial charge in [-0.15, -0.1) is 0 Å². The van der Waals surface area contributed by atoms with Crippen molar-refractivity contribution < 1.29 is 36.9 Å². The SMILES string of the molecule is Cc1cc(OCC2CN(S(=O)(=O)C(C)C)C2)cc(C)c1-c1ccc(F)c2c1CC[C@H]2Oc1ccc2c(c1)OCC2CC(=O)O. The van der Waals surface area contributed by atoms with E-state index in [0.29, 0.717) is 56.2 Å². The fourth-order valence-electron chi connectivity index (χ4n) is 6.68. The lowest BCUT2D eigenvalue weighted by molar-refractivity contribution is -0.137. The Morgan fingerprint density at radius 1 is 1.09 bits per heavy atom. The summed E-state index contributed by atoms with van der Waals surface area (Å²) in [5.74, 6) is 0.717. The van der Waals surface area contributed by atoms with Crippen molar-refractivity contribution in [2.75, 3.05) is 26.3 Å². The molecule has 0 spiro atoms. The summed E-state index contributed by atoms with van der Waals surface area (Å²) in [5, 5.41) is 8.75. The van der Waals surface area contributed by atoms with Crippen LogP contribution in [0, 0.1) is 25.6 Å². The van der Waals surface area contributed by atoms with Crippen LogP contribution in [0.2, 0.25) is 0 Å². The van der Waals surface area contributed by atoms with E-state index in [-0.39, 0.29) is 24.1 Å². The fraction of sp³-hybridized carbons (Fsp3) is 0.441. The molecule has 3 aromatic rings. The first-order valence-electron chi connectivity index (χ1n) is 15.1. The number of hydrogen-bond acceptors (Lipinski definition) is 6. The highest BCUT2D eigenvalue weighted by Gasteiger charge is 2.38. The summed E-state index contributed by atoms with van der Waals surface area (Å²) < 4.78 is 59.6. The summed E-state index contributed by atoms with van der Waals surface area (Å²) in [6, 6.07) is 12.8. The summed E-state index contributed by atoms with van der Waals surface area (Å²) in [6.45, 7) is 9.16. The normalized spacial score (nSPS) is 19.8. The van der Waals surface area contributed by atoms with Crippen LogP contribution in [0.4, 0.5) is 4.39 Å². The van der Waals surface area contributed by atoms with E-state index in [4.69, 9.17) is 14.2 Å². The molecular formula is C34H38FNO7S. The lowest BCUT2D eigenvalue weighted by Crippen LogP contribution is -2.53. The van der Waals surface area contributed by atoms with Gasteiger partial charge in [0, 0.05) is 42.1 Å². The molecule has 1 unspecified atom stereocenters. The molecule has 3 aliphatic rings. The molecule has 6 rings (SSSR count). The topological polar surface area (TPSA) is 102 Å². The van der Waals surface area contributed by atoms with Gasteiger partial charge in [-0.3, -0.25) is 4.79 Å². The minimum atomic E-state index is -3.23. The number of benzene rings is 3. The third-order valence-corrected chi connectivity index (χ3v) is 11.2.